The summed E-state index contributed by atoms with van der Waals surface area (Å²) in [5, 5.41) is 18.1. The second-order valence-electron chi connectivity index (χ2n) is 5.13. The predicted molar refractivity (Wildman–Crippen MR) is 77.5 cm³/mol. The summed E-state index contributed by atoms with van der Waals surface area (Å²) in [5.41, 5.74) is 0.516. The lowest BCUT2D eigenvalue weighted by molar-refractivity contribution is -0.384. The first-order valence-electron chi connectivity index (χ1n) is 6.97. The Morgan fingerprint density at radius 2 is 2.41 bits per heavy atom. The Kier molecular flexibility index (Phi) is 4.01. The Hall–Kier alpha value is -2.48. The first-order valence-corrected chi connectivity index (χ1v) is 6.97. The number of hydrogen-bond donors (Lipinski definition) is 1. The molecule has 1 aromatic heterocycles. The lowest BCUT2D eigenvalue weighted by Crippen LogP contribution is -2.15. The fraction of sp³-hybridized carbons (Fsp3) is 0.357. The normalized spacial score (nSPS) is 17.6. The van der Waals surface area contributed by atoms with Crippen LogP contribution in [0.25, 0.3) is 0 Å². The van der Waals surface area contributed by atoms with E-state index >= 15 is 0 Å². The van der Waals surface area contributed by atoms with Gasteiger partial charge in [-0.2, -0.15) is 5.10 Å². The van der Waals surface area contributed by atoms with Crippen LogP contribution in [0.5, 0.6) is 0 Å². The van der Waals surface area contributed by atoms with E-state index in [1.54, 1.807) is 17.1 Å². The van der Waals surface area contributed by atoms with Crippen LogP contribution in [0.3, 0.4) is 0 Å². The summed E-state index contributed by atoms with van der Waals surface area (Å²) in [6.07, 6.45) is 5.54. The lowest BCUT2D eigenvalue weighted by atomic mass is 10.2. The maximum absolute atomic E-state index is 13.1. The van der Waals surface area contributed by atoms with Crippen molar-refractivity contribution in [3.8, 4) is 0 Å². The van der Waals surface area contributed by atoms with Gasteiger partial charge >= 0.3 is 0 Å². The van der Waals surface area contributed by atoms with Crippen molar-refractivity contribution in [2.24, 2.45) is 0 Å². The molecule has 0 aliphatic carbocycles. The van der Waals surface area contributed by atoms with Crippen molar-refractivity contribution in [2.45, 2.75) is 25.5 Å². The average molecular weight is 306 g/mol. The standard InChI is InChI=1S/C14H15FN4O3/c15-10-3-4-13(14(6-10)19(20)21)17-11-7-16-18(8-11)9-12-2-1-5-22-12/h3-4,6-8,12,17H,1-2,5,9H2/t12-/m1/s1. The zero-order valence-electron chi connectivity index (χ0n) is 11.7. The SMILES string of the molecule is O=[N+]([O-])c1cc(F)ccc1Nc1cnn(C[C@H]2CCCO2)c1. The number of halogens is 1. The Balaban J connectivity index is 1.73. The van der Waals surface area contributed by atoms with Crippen LogP contribution in [0.4, 0.5) is 21.5 Å². The Morgan fingerprint density at radius 1 is 1.55 bits per heavy atom. The van der Waals surface area contributed by atoms with Gasteiger partial charge in [-0.3, -0.25) is 14.8 Å². The third kappa shape index (κ3) is 3.22. The summed E-state index contributed by atoms with van der Waals surface area (Å²) in [7, 11) is 0. The molecule has 0 spiro atoms. The van der Waals surface area contributed by atoms with Crippen molar-refractivity contribution < 1.29 is 14.1 Å². The topological polar surface area (TPSA) is 82.2 Å². The molecule has 8 heteroatoms. The number of nitro benzene ring substituents is 1. The molecule has 1 aliphatic heterocycles. The highest BCUT2D eigenvalue weighted by Gasteiger charge is 2.18. The van der Waals surface area contributed by atoms with Gasteiger partial charge in [0.25, 0.3) is 5.69 Å². The molecule has 7 nitrogen and oxygen atoms in total. The number of nitro groups is 1. The van der Waals surface area contributed by atoms with Crippen LogP contribution >= 0.6 is 0 Å². The third-order valence-electron chi connectivity index (χ3n) is 3.48. The highest BCUT2D eigenvalue weighted by molar-refractivity contribution is 5.68. The maximum Gasteiger partial charge on any atom is 0.295 e. The predicted octanol–water partition coefficient (Wildman–Crippen LogP) is 2.85. The molecule has 0 saturated carbocycles. The summed E-state index contributed by atoms with van der Waals surface area (Å²) in [6, 6.07) is 3.40. The zero-order valence-corrected chi connectivity index (χ0v) is 11.7. The molecule has 0 unspecified atom stereocenters. The molecular formula is C14H15FN4O3. The van der Waals surface area contributed by atoms with Crippen LogP contribution < -0.4 is 5.32 Å². The van der Waals surface area contributed by atoms with Gasteiger partial charge in [0.1, 0.15) is 11.5 Å². The lowest BCUT2D eigenvalue weighted by Gasteiger charge is -2.08. The van der Waals surface area contributed by atoms with Crippen molar-refractivity contribution >= 4 is 17.1 Å². The molecule has 0 amide bonds. The monoisotopic (exact) mass is 306 g/mol. The number of hydrogen-bond acceptors (Lipinski definition) is 5. The van der Waals surface area contributed by atoms with E-state index in [0.29, 0.717) is 12.2 Å². The van der Waals surface area contributed by atoms with E-state index in [1.807, 2.05) is 0 Å². The van der Waals surface area contributed by atoms with E-state index < -0.39 is 10.7 Å². The van der Waals surface area contributed by atoms with E-state index in [9.17, 15) is 14.5 Å². The quantitative estimate of drug-likeness (QED) is 0.678. The molecule has 1 saturated heterocycles. The first kappa shape index (κ1) is 14.5. The van der Waals surface area contributed by atoms with Gasteiger partial charge < -0.3 is 10.1 Å². The van der Waals surface area contributed by atoms with E-state index in [4.69, 9.17) is 4.74 Å². The van der Waals surface area contributed by atoms with Crippen molar-refractivity contribution in [1.82, 2.24) is 9.78 Å². The second kappa shape index (κ2) is 6.10. The molecular weight excluding hydrogens is 291 g/mol. The number of benzene rings is 1. The molecule has 116 valence electrons. The Bertz CT molecular complexity index is 682. The summed E-state index contributed by atoms with van der Waals surface area (Å²) >= 11 is 0. The van der Waals surface area contributed by atoms with Gasteiger partial charge in [0, 0.05) is 12.8 Å². The number of nitrogens with one attached hydrogen (secondary N) is 1. The molecule has 0 radical (unpaired) electrons. The number of nitrogens with zero attached hydrogens (tertiary/aromatic N) is 3. The molecule has 2 aromatic rings. The summed E-state index contributed by atoms with van der Waals surface area (Å²) in [5.74, 6) is -0.647. The molecule has 1 fully saturated rings. The molecule has 1 atom stereocenters. The van der Waals surface area contributed by atoms with Crippen LogP contribution in [-0.2, 0) is 11.3 Å². The highest BCUT2D eigenvalue weighted by atomic mass is 19.1. The van der Waals surface area contributed by atoms with Crippen LogP contribution in [0, 0.1) is 15.9 Å². The van der Waals surface area contributed by atoms with E-state index in [-0.39, 0.29) is 17.5 Å². The molecule has 22 heavy (non-hydrogen) atoms. The molecule has 2 heterocycles. The largest absolute Gasteiger partial charge is 0.376 e. The summed E-state index contributed by atoms with van der Waals surface area (Å²) < 4.78 is 20.4. The van der Waals surface area contributed by atoms with Crippen LogP contribution in [0.15, 0.2) is 30.6 Å². The number of anilines is 2. The van der Waals surface area contributed by atoms with Gasteiger partial charge in [0.05, 0.1) is 35.5 Å². The second-order valence-corrected chi connectivity index (χ2v) is 5.13. The molecule has 1 N–H and O–H groups in total. The highest BCUT2D eigenvalue weighted by Crippen LogP contribution is 2.28. The Labute approximate surface area is 125 Å². The van der Waals surface area contributed by atoms with Crippen molar-refractivity contribution in [2.75, 3.05) is 11.9 Å². The fourth-order valence-corrected chi connectivity index (χ4v) is 2.44. The van der Waals surface area contributed by atoms with Crippen molar-refractivity contribution in [3.63, 3.8) is 0 Å². The van der Waals surface area contributed by atoms with Gasteiger partial charge in [0.2, 0.25) is 0 Å². The van der Waals surface area contributed by atoms with Crippen LogP contribution in [-0.4, -0.2) is 27.4 Å². The minimum Gasteiger partial charge on any atom is -0.376 e. The minimum atomic E-state index is -0.647. The molecule has 1 aliphatic rings. The molecule has 3 rings (SSSR count). The zero-order chi connectivity index (χ0) is 15.5. The van der Waals surface area contributed by atoms with E-state index in [2.05, 4.69) is 10.4 Å². The molecule has 1 aromatic carbocycles. The maximum atomic E-state index is 13.1. The number of rotatable bonds is 5. The molecule has 0 bridgehead atoms. The number of aromatic nitrogens is 2. The Morgan fingerprint density at radius 3 is 3.14 bits per heavy atom. The summed E-state index contributed by atoms with van der Waals surface area (Å²) in [4.78, 5) is 10.3. The number of ether oxygens (including phenoxy) is 1. The average Bonchev–Trinajstić information content (AvgIpc) is 3.13. The van der Waals surface area contributed by atoms with Crippen molar-refractivity contribution in [3.05, 3.63) is 46.5 Å². The van der Waals surface area contributed by atoms with Gasteiger partial charge in [-0.25, -0.2) is 4.39 Å². The fourth-order valence-electron chi connectivity index (χ4n) is 2.44. The summed E-state index contributed by atoms with van der Waals surface area (Å²) in [6.45, 7) is 1.42. The minimum absolute atomic E-state index is 0.160. The van der Waals surface area contributed by atoms with Crippen molar-refractivity contribution in [1.29, 1.82) is 0 Å². The van der Waals surface area contributed by atoms with E-state index in [0.717, 1.165) is 25.5 Å². The van der Waals surface area contributed by atoms with Crippen LogP contribution in [0.2, 0.25) is 0 Å². The van der Waals surface area contributed by atoms with Gasteiger partial charge in [-0.05, 0) is 25.0 Å². The van der Waals surface area contributed by atoms with E-state index in [1.165, 1.54) is 12.1 Å². The smallest absolute Gasteiger partial charge is 0.295 e. The van der Waals surface area contributed by atoms with Gasteiger partial charge in [-0.1, -0.05) is 0 Å². The van der Waals surface area contributed by atoms with Gasteiger partial charge in [-0.15, -0.1) is 0 Å². The van der Waals surface area contributed by atoms with Gasteiger partial charge in [0.15, 0.2) is 0 Å². The van der Waals surface area contributed by atoms with Crippen LogP contribution in [0.1, 0.15) is 12.8 Å². The first-order chi connectivity index (χ1) is 10.6. The third-order valence-corrected chi connectivity index (χ3v) is 3.48.